The lowest BCUT2D eigenvalue weighted by Crippen LogP contribution is -2.45. The van der Waals surface area contributed by atoms with E-state index in [0.29, 0.717) is 6.79 Å². The summed E-state index contributed by atoms with van der Waals surface area (Å²) in [5.41, 5.74) is 4.86. The molecule has 0 amide bonds. The number of aromatic nitrogens is 2. The topological polar surface area (TPSA) is 42.8 Å². The van der Waals surface area contributed by atoms with Gasteiger partial charge < -0.3 is 14.0 Å². The van der Waals surface area contributed by atoms with Crippen LogP contribution in [0.15, 0.2) is 72.8 Å². The molecule has 0 spiro atoms. The predicted molar refractivity (Wildman–Crippen MR) is 133 cm³/mol. The van der Waals surface area contributed by atoms with Crippen molar-refractivity contribution in [1.29, 1.82) is 0 Å². The zero-order chi connectivity index (χ0) is 22.9. The number of hydrogen-bond donors (Lipinski definition) is 0. The Bertz CT molecular complexity index is 1280. The average Bonchev–Trinajstić information content (AvgIpc) is 3.49. The fourth-order valence-electron chi connectivity index (χ4n) is 5.12. The van der Waals surface area contributed by atoms with Crippen molar-refractivity contribution in [2.24, 2.45) is 0 Å². The Balaban J connectivity index is 1.16. The third kappa shape index (κ3) is 4.15. The van der Waals surface area contributed by atoms with Gasteiger partial charge in [-0.15, -0.1) is 0 Å². The summed E-state index contributed by atoms with van der Waals surface area (Å²) in [5, 5.41) is 0. The molecule has 0 aliphatic carbocycles. The minimum atomic E-state index is 0.232. The number of rotatable bonds is 6. The molecule has 2 aliphatic rings. The van der Waals surface area contributed by atoms with Crippen LogP contribution in [0.25, 0.3) is 11.0 Å². The van der Waals surface area contributed by atoms with Gasteiger partial charge in [-0.05, 0) is 42.3 Å². The lowest BCUT2D eigenvalue weighted by atomic mass is 10.1. The number of ether oxygens (including phenoxy) is 2. The first-order valence-electron chi connectivity index (χ1n) is 12.1. The normalized spacial score (nSPS) is 17.3. The van der Waals surface area contributed by atoms with E-state index in [4.69, 9.17) is 14.5 Å². The highest BCUT2D eigenvalue weighted by Crippen LogP contribution is 2.33. The van der Waals surface area contributed by atoms with E-state index in [1.165, 1.54) is 16.6 Å². The lowest BCUT2D eigenvalue weighted by Gasteiger charge is -2.34. The van der Waals surface area contributed by atoms with E-state index in [1.54, 1.807) is 0 Å². The smallest absolute Gasteiger partial charge is 0.231 e. The predicted octanol–water partition coefficient (Wildman–Crippen LogP) is 4.69. The molecule has 0 N–H and O–H groups in total. The third-order valence-corrected chi connectivity index (χ3v) is 7.01. The van der Waals surface area contributed by atoms with Crippen molar-refractivity contribution < 1.29 is 9.47 Å². The fourth-order valence-corrected chi connectivity index (χ4v) is 5.12. The largest absolute Gasteiger partial charge is 0.454 e. The quantitative estimate of drug-likeness (QED) is 0.423. The van der Waals surface area contributed by atoms with Crippen molar-refractivity contribution in [1.82, 2.24) is 19.4 Å². The van der Waals surface area contributed by atoms with Crippen molar-refractivity contribution in [2.45, 2.75) is 26.1 Å². The molecule has 1 fully saturated rings. The second-order valence-corrected chi connectivity index (χ2v) is 9.21. The third-order valence-electron chi connectivity index (χ3n) is 7.01. The van der Waals surface area contributed by atoms with Crippen LogP contribution < -0.4 is 9.47 Å². The Morgan fingerprint density at radius 2 is 1.50 bits per heavy atom. The Morgan fingerprint density at radius 1 is 0.794 bits per heavy atom. The van der Waals surface area contributed by atoms with Gasteiger partial charge >= 0.3 is 0 Å². The molecule has 4 aromatic rings. The second-order valence-electron chi connectivity index (χ2n) is 9.21. The number of nitrogens with zero attached hydrogens (tertiary/aromatic N) is 4. The average molecular weight is 455 g/mol. The highest BCUT2D eigenvalue weighted by molar-refractivity contribution is 5.76. The number of hydrogen-bond acceptors (Lipinski definition) is 5. The van der Waals surface area contributed by atoms with Gasteiger partial charge in [0.2, 0.25) is 6.79 Å². The summed E-state index contributed by atoms with van der Waals surface area (Å²) in [7, 11) is 0. The summed E-state index contributed by atoms with van der Waals surface area (Å²) in [5.74, 6) is 2.85. The number of imidazole rings is 1. The maximum absolute atomic E-state index is 5.54. The summed E-state index contributed by atoms with van der Waals surface area (Å²) in [6.45, 7) is 8.56. The maximum Gasteiger partial charge on any atom is 0.231 e. The molecule has 0 bridgehead atoms. The number of piperazine rings is 1. The Hall–Kier alpha value is -3.35. The minimum absolute atomic E-state index is 0.232. The number of benzene rings is 3. The van der Waals surface area contributed by atoms with Gasteiger partial charge in [0.15, 0.2) is 11.5 Å². The molecular weight excluding hydrogens is 424 g/mol. The molecule has 6 rings (SSSR count). The molecule has 6 nitrogen and oxygen atoms in total. The van der Waals surface area contributed by atoms with Crippen LogP contribution in [0.3, 0.4) is 0 Å². The molecule has 2 aliphatic heterocycles. The number of para-hydroxylation sites is 2. The van der Waals surface area contributed by atoms with Crippen LogP contribution in [0.4, 0.5) is 0 Å². The molecular formula is C28H30N4O2. The van der Waals surface area contributed by atoms with Crippen molar-refractivity contribution >= 4 is 11.0 Å². The van der Waals surface area contributed by atoms with Crippen LogP contribution in [-0.4, -0.2) is 52.3 Å². The zero-order valence-electron chi connectivity index (χ0n) is 19.6. The molecule has 0 radical (unpaired) electrons. The Morgan fingerprint density at radius 3 is 2.32 bits per heavy atom. The summed E-state index contributed by atoms with van der Waals surface area (Å²) in [4.78, 5) is 10.1. The highest BCUT2D eigenvalue weighted by atomic mass is 16.7. The Kier molecular flexibility index (Phi) is 5.69. The van der Waals surface area contributed by atoms with E-state index in [-0.39, 0.29) is 6.04 Å². The van der Waals surface area contributed by atoms with Crippen LogP contribution in [0.5, 0.6) is 11.5 Å². The van der Waals surface area contributed by atoms with Crippen LogP contribution in [-0.2, 0) is 13.1 Å². The summed E-state index contributed by atoms with van der Waals surface area (Å²) in [6.07, 6.45) is 0. The first-order chi connectivity index (χ1) is 16.7. The van der Waals surface area contributed by atoms with Gasteiger partial charge in [0.05, 0.1) is 23.6 Å². The van der Waals surface area contributed by atoms with Crippen LogP contribution in [0.1, 0.15) is 29.9 Å². The summed E-state index contributed by atoms with van der Waals surface area (Å²) >= 11 is 0. The van der Waals surface area contributed by atoms with Crippen LogP contribution in [0.2, 0.25) is 0 Å². The molecule has 1 atom stereocenters. The monoisotopic (exact) mass is 454 g/mol. The van der Waals surface area contributed by atoms with Gasteiger partial charge in [-0.2, -0.15) is 0 Å². The molecule has 1 saturated heterocycles. The molecule has 3 aromatic carbocycles. The van der Waals surface area contributed by atoms with Gasteiger partial charge in [0, 0.05) is 32.7 Å². The zero-order valence-corrected chi connectivity index (χ0v) is 19.6. The Labute approximate surface area is 200 Å². The second kappa shape index (κ2) is 9.12. The molecule has 1 unspecified atom stereocenters. The summed E-state index contributed by atoms with van der Waals surface area (Å²) in [6, 6.07) is 25.7. The first-order valence-corrected chi connectivity index (χ1v) is 12.1. The SMILES string of the molecule is CC(c1ccccc1)n1c(CN2CCN(Cc3ccc4c(c3)OCO4)CC2)nc2ccccc21. The van der Waals surface area contributed by atoms with Gasteiger partial charge in [-0.25, -0.2) is 4.98 Å². The molecule has 34 heavy (non-hydrogen) atoms. The highest BCUT2D eigenvalue weighted by Gasteiger charge is 2.23. The molecule has 1 aromatic heterocycles. The molecule has 3 heterocycles. The van der Waals surface area contributed by atoms with E-state index in [0.717, 1.165) is 62.1 Å². The van der Waals surface area contributed by atoms with Crippen LogP contribution in [0, 0.1) is 0 Å². The fraction of sp³-hybridized carbons (Fsp3) is 0.321. The van der Waals surface area contributed by atoms with E-state index >= 15 is 0 Å². The maximum atomic E-state index is 5.54. The standard InChI is InChI=1S/C28H30N4O2/c1-21(23-7-3-2-4-8-23)32-25-10-6-5-9-24(25)29-28(32)19-31-15-13-30(14-16-31)18-22-11-12-26-27(17-22)34-20-33-26/h2-12,17,21H,13-16,18-20H2,1H3. The first kappa shape index (κ1) is 21.2. The van der Waals surface area contributed by atoms with Gasteiger partial charge in [0.25, 0.3) is 0 Å². The van der Waals surface area contributed by atoms with Gasteiger partial charge in [-0.1, -0.05) is 48.5 Å². The van der Waals surface area contributed by atoms with Gasteiger partial charge in [-0.3, -0.25) is 9.80 Å². The van der Waals surface area contributed by atoms with E-state index in [9.17, 15) is 0 Å². The van der Waals surface area contributed by atoms with E-state index in [1.807, 2.05) is 6.07 Å². The lowest BCUT2D eigenvalue weighted by molar-refractivity contribution is 0.119. The minimum Gasteiger partial charge on any atom is -0.454 e. The molecule has 0 saturated carbocycles. The van der Waals surface area contributed by atoms with Crippen molar-refractivity contribution in [3.05, 3.63) is 89.7 Å². The van der Waals surface area contributed by atoms with Gasteiger partial charge in [0.1, 0.15) is 5.82 Å². The van der Waals surface area contributed by atoms with Crippen molar-refractivity contribution in [2.75, 3.05) is 33.0 Å². The number of fused-ring (bicyclic) bond motifs is 2. The van der Waals surface area contributed by atoms with E-state index < -0.39 is 0 Å². The molecule has 174 valence electrons. The van der Waals surface area contributed by atoms with Crippen molar-refractivity contribution in [3.63, 3.8) is 0 Å². The van der Waals surface area contributed by atoms with E-state index in [2.05, 4.69) is 88.0 Å². The molecule has 6 heteroatoms. The van der Waals surface area contributed by atoms with Crippen molar-refractivity contribution in [3.8, 4) is 11.5 Å². The van der Waals surface area contributed by atoms with Crippen LogP contribution >= 0.6 is 0 Å². The summed E-state index contributed by atoms with van der Waals surface area (Å²) < 4.78 is 13.4.